The third-order valence-electron chi connectivity index (χ3n) is 3.12. The van der Waals surface area contributed by atoms with Crippen LogP contribution in [0.2, 0.25) is 0 Å². The highest BCUT2D eigenvalue weighted by Crippen LogP contribution is 2.26. The number of carbonyl (C=O) groups is 1. The van der Waals surface area contributed by atoms with E-state index in [0.717, 1.165) is 0 Å². The zero-order chi connectivity index (χ0) is 12.4. The molecule has 4 nitrogen and oxygen atoms in total. The van der Waals surface area contributed by atoms with E-state index in [1.807, 2.05) is 27.7 Å². The van der Waals surface area contributed by atoms with Crippen LogP contribution in [0.5, 0.6) is 0 Å². The summed E-state index contributed by atoms with van der Waals surface area (Å²) in [5, 5.41) is 3.12. The molecule has 1 rings (SSSR count). The number of hydrogen-bond acceptors (Lipinski definition) is 3. The van der Waals surface area contributed by atoms with Crippen LogP contribution in [0.25, 0.3) is 0 Å². The number of nitrogens with one attached hydrogen (secondary N) is 1. The van der Waals surface area contributed by atoms with Crippen LogP contribution in [0, 0.1) is 11.3 Å². The van der Waals surface area contributed by atoms with Gasteiger partial charge in [-0.05, 0) is 5.41 Å². The molecule has 1 aliphatic heterocycles. The fourth-order valence-corrected chi connectivity index (χ4v) is 3.19. The average molecular weight is 246 g/mol. The Hall–Kier alpha value is -0.420. The number of hydrogen-bond donors (Lipinski definition) is 1. The van der Waals surface area contributed by atoms with Gasteiger partial charge in [0, 0.05) is 30.5 Å². The Balaban J connectivity index is 2.83. The zero-order valence-electron chi connectivity index (χ0n) is 10.6. The van der Waals surface area contributed by atoms with E-state index in [2.05, 4.69) is 9.68 Å². The number of rotatable bonds is 1. The number of nitrogens with zero attached hydrogens (tertiary/aromatic N) is 1. The molecule has 94 valence electrons. The summed E-state index contributed by atoms with van der Waals surface area (Å²) in [5.41, 5.74) is -0.122. The second-order valence-electron chi connectivity index (χ2n) is 5.45. The van der Waals surface area contributed by atoms with E-state index in [0.29, 0.717) is 24.6 Å². The van der Waals surface area contributed by atoms with Gasteiger partial charge in [0.05, 0.1) is 9.73 Å². The lowest BCUT2D eigenvalue weighted by molar-refractivity contribution is -0.123. The van der Waals surface area contributed by atoms with Crippen LogP contribution < -0.4 is 5.32 Å². The summed E-state index contributed by atoms with van der Waals surface area (Å²) < 4.78 is 16.2. The van der Waals surface area contributed by atoms with Crippen LogP contribution >= 0.6 is 0 Å². The SMILES string of the molecule is CC(C(=O)N=S1(=O)CCNCC1)C(C)(C)C. The molecule has 16 heavy (non-hydrogen) atoms. The lowest BCUT2D eigenvalue weighted by atomic mass is 9.82. The molecular formula is C11H22N2O2S. The predicted octanol–water partition coefficient (Wildman–Crippen LogP) is 1.27. The van der Waals surface area contributed by atoms with Crippen LogP contribution in [-0.2, 0) is 14.5 Å². The van der Waals surface area contributed by atoms with Gasteiger partial charge in [0.15, 0.2) is 0 Å². The van der Waals surface area contributed by atoms with Gasteiger partial charge in [0.1, 0.15) is 0 Å². The Bertz CT molecular complexity index is 364. The second kappa shape index (κ2) is 4.84. The molecule has 1 aliphatic rings. The first-order valence-electron chi connectivity index (χ1n) is 5.72. The van der Waals surface area contributed by atoms with E-state index in [1.54, 1.807) is 0 Å². The normalized spacial score (nSPS) is 22.5. The summed E-state index contributed by atoms with van der Waals surface area (Å²) in [4.78, 5) is 11.9. The van der Waals surface area contributed by atoms with Crippen molar-refractivity contribution in [3.05, 3.63) is 0 Å². The Morgan fingerprint density at radius 2 is 1.81 bits per heavy atom. The van der Waals surface area contributed by atoms with Crippen molar-refractivity contribution in [3.63, 3.8) is 0 Å². The third kappa shape index (κ3) is 3.56. The van der Waals surface area contributed by atoms with E-state index in [1.165, 1.54) is 0 Å². The fraction of sp³-hybridized carbons (Fsp3) is 0.909. The molecule has 1 fully saturated rings. The largest absolute Gasteiger partial charge is 0.315 e. The molecule has 0 aromatic rings. The minimum absolute atomic E-state index is 0.122. The molecule has 5 heteroatoms. The molecular weight excluding hydrogens is 224 g/mol. The number of carbonyl (C=O) groups excluding carboxylic acids is 1. The van der Waals surface area contributed by atoms with Gasteiger partial charge in [-0.15, -0.1) is 0 Å². The molecule has 1 unspecified atom stereocenters. The van der Waals surface area contributed by atoms with Crippen LogP contribution in [0.4, 0.5) is 0 Å². The molecule has 1 atom stereocenters. The third-order valence-corrected chi connectivity index (χ3v) is 5.32. The maximum atomic E-state index is 12.2. The van der Waals surface area contributed by atoms with Crippen LogP contribution in [-0.4, -0.2) is 34.7 Å². The number of amides is 1. The molecule has 1 saturated heterocycles. The summed E-state index contributed by atoms with van der Waals surface area (Å²) in [6.07, 6.45) is 0. The van der Waals surface area contributed by atoms with Crippen molar-refractivity contribution in [1.82, 2.24) is 5.32 Å². The molecule has 0 saturated carbocycles. The van der Waals surface area contributed by atoms with Gasteiger partial charge < -0.3 is 5.32 Å². The van der Waals surface area contributed by atoms with Crippen molar-refractivity contribution < 1.29 is 9.00 Å². The van der Waals surface area contributed by atoms with Gasteiger partial charge in [-0.2, -0.15) is 4.36 Å². The standard InChI is InChI=1S/C11H22N2O2S/c1-9(11(2,3)4)10(14)13-16(15)7-5-12-6-8-16/h9,12H,5-8H2,1-4H3. The lowest BCUT2D eigenvalue weighted by Crippen LogP contribution is -2.37. The average Bonchev–Trinajstić information content (AvgIpc) is 2.15. The van der Waals surface area contributed by atoms with E-state index < -0.39 is 9.73 Å². The first-order valence-corrected chi connectivity index (χ1v) is 7.57. The van der Waals surface area contributed by atoms with Crippen molar-refractivity contribution in [3.8, 4) is 0 Å². The van der Waals surface area contributed by atoms with Crippen LogP contribution in [0.15, 0.2) is 4.36 Å². The van der Waals surface area contributed by atoms with Crippen LogP contribution in [0.3, 0.4) is 0 Å². The minimum Gasteiger partial charge on any atom is -0.315 e. The topological polar surface area (TPSA) is 58.5 Å². The van der Waals surface area contributed by atoms with Crippen molar-refractivity contribution in [2.24, 2.45) is 15.7 Å². The highest BCUT2D eigenvalue weighted by Gasteiger charge is 2.28. The first-order chi connectivity index (χ1) is 7.25. The minimum atomic E-state index is -2.28. The molecule has 0 radical (unpaired) electrons. The van der Waals surface area contributed by atoms with Crippen molar-refractivity contribution in [1.29, 1.82) is 0 Å². The van der Waals surface area contributed by atoms with Gasteiger partial charge in [-0.25, -0.2) is 4.21 Å². The highest BCUT2D eigenvalue weighted by atomic mass is 32.2. The summed E-state index contributed by atoms with van der Waals surface area (Å²) in [5.74, 6) is 0.602. The van der Waals surface area contributed by atoms with Crippen molar-refractivity contribution >= 4 is 15.6 Å². The molecule has 0 aromatic heterocycles. The Kier molecular flexibility index (Phi) is 4.12. The molecule has 1 N–H and O–H groups in total. The lowest BCUT2D eigenvalue weighted by Gasteiger charge is -2.25. The Labute approximate surface area is 98.4 Å². The van der Waals surface area contributed by atoms with Gasteiger partial charge >= 0.3 is 0 Å². The molecule has 0 aromatic carbocycles. The van der Waals surface area contributed by atoms with Gasteiger partial charge in [-0.1, -0.05) is 27.7 Å². The van der Waals surface area contributed by atoms with Gasteiger partial charge in [-0.3, -0.25) is 4.79 Å². The maximum absolute atomic E-state index is 12.2. The highest BCUT2D eigenvalue weighted by molar-refractivity contribution is 7.94. The second-order valence-corrected chi connectivity index (χ2v) is 7.99. The molecule has 1 heterocycles. The quantitative estimate of drug-likeness (QED) is 0.758. The zero-order valence-corrected chi connectivity index (χ0v) is 11.4. The van der Waals surface area contributed by atoms with Gasteiger partial charge in [0.25, 0.3) is 5.91 Å². The van der Waals surface area contributed by atoms with Crippen molar-refractivity contribution in [2.75, 3.05) is 24.6 Å². The van der Waals surface area contributed by atoms with E-state index in [4.69, 9.17) is 0 Å². The Morgan fingerprint density at radius 1 is 1.31 bits per heavy atom. The van der Waals surface area contributed by atoms with Crippen molar-refractivity contribution in [2.45, 2.75) is 27.7 Å². The molecule has 0 spiro atoms. The fourth-order valence-electron chi connectivity index (χ4n) is 1.40. The summed E-state index contributed by atoms with van der Waals surface area (Å²) >= 11 is 0. The Morgan fingerprint density at radius 3 is 2.25 bits per heavy atom. The van der Waals surface area contributed by atoms with E-state index in [9.17, 15) is 9.00 Å². The molecule has 1 amide bonds. The van der Waals surface area contributed by atoms with Gasteiger partial charge in [0.2, 0.25) is 0 Å². The van der Waals surface area contributed by atoms with E-state index in [-0.39, 0.29) is 17.2 Å². The summed E-state index contributed by atoms with van der Waals surface area (Å²) in [6, 6.07) is 0. The van der Waals surface area contributed by atoms with E-state index >= 15 is 0 Å². The maximum Gasteiger partial charge on any atom is 0.257 e. The predicted molar refractivity (Wildman–Crippen MR) is 66.8 cm³/mol. The summed E-state index contributed by atoms with van der Waals surface area (Å²) in [7, 11) is -2.28. The smallest absolute Gasteiger partial charge is 0.257 e. The monoisotopic (exact) mass is 246 g/mol. The molecule has 0 bridgehead atoms. The first kappa shape index (κ1) is 13.6. The molecule has 0 aliphatic carbocycles. The summed E-state index contributed by atoms with van der Waals surface area (Å²) in [6.45, 7) is 9.25. The van der Waals surface area contributed by atoms with Crippen LogP contribution in [0.1, 0.15) is 27.7 Å².